The number of methoxy groups -OCH3 is 1. The zero-order valence-corrected chi connectivity index (χ0v) is 11.6. The van der Waals surface area contributed by atoms with E-state index in [4.69, 9.17) is 4.74 Å². The van der Waals surface area contributed by atoms with Crippen LogP contribution in [0.1, 0.15) is 12.8 Å². The first-order chi connectivity index (χ1) is 8.11. The Kier molecular flexibility index (Phi) is 9.95. The van der Waals surface area contributed by atoms with Crippen LogP contribution in [0.4, 0.5) is 0 Å². The standard InChI is InChI=1S/C11H22N2O3S/c1-13(11(15)5-8-17-3)9-10(14)12-6-4-7-16-2/h4-9H2,1-3H3,(H,12,14). The first-order valence-electron chi connectivity index (χ1n) is 5.60. The largest absolute Gasteiger partial charge is 0.385 e. The van der Waals surface area contributed by atoms with Gasteiger partial charge in [0.25, 0.3) is 0 Å². The molecule has 0 aliphatic carbocycles. The van der Waals surface area contributed by atoms with Crippen molar-refractivity contribution < 1.29 is 14.3 Å². The lowest BCUT2D eigenvalue weighted by molar-refractivity contribution is -0.134. The molecule has 0 saturated carbocycles. The lowest BCUT2D eigenvalue weighted by Crippen LogP contribution is -2.38. The maximum Gasteiger partial charge on any atom is 0.239 e. The number of thioether (sulfide) groups is 1. The molecule has 0 aliphatic heterocycles. The van der Waals surface area contributed by atoms with Gasteiger partial charge in [0.15, 0.2) is 0 Å². The van der Waals surface area contributed by atoms with Crippen molar-refractivity contribution in [2.45, 2.75) is 12.8 Å². The second-order valence-corrected chi connectivity index (χ2v) is 4.67. The lowest BCUT2D eigenvalue weighted by Gasteiger charge is -2.16. The summed E-state index contributed by atoms with van der Waals surface area (Å²) in [5, 5.41) is 2.74. The first-order valence-corrected chi connectivity index (χ1v) is 6.99. The Bertz CT molecular complexity index is 237. The van der Waals surface area contributed by atoms with Gasteiger partial charge in [-0.2, -0.15) is 11.8 Å². The fraction of sp³-hybridized carbons (Fsp3) is 0.818. The Morgan fingerprint density at radius 1 is 1.41 bits per heavy atom. The number of carbonyl (C=O) groups excluding carboxylic acids is 2. The minimum Gasteiger partial charge on any atom is -0.385 e. The van der Waals surface area contributed by atoms with Crippen LogP contribution in [0, 0.1) is 0 Å². The number of carbonyl (C=O) groups is 2. The number of ether oxygens (including phenoxy) is 1. The number of hydrogen-bond donors (Lipinski definition) is 1. The van der Waals surface area contributed by atoms with Crippen LogP contribution in [0.15, 0.2) is 0 Å². The lowest BCUT2D eigenvalue weighted by atomic mass is 10.4. The first kappa shape index (κ1) is 16.2. The molecule has 17 heavy (non-hydrogen) atoms. The van der Waals surface area contributed by atoms with Gasteiger partial charge >= 0.3 is 0 Å². The predicted molar refractivity (Wildman–Crippen MR) is 70.1 cm³/mol. The minimum atomic E-state index is -0.124. The molecule has 0 fully saturated rings. The van der Waals surface area contributed by atoms with Gasteiger partial charge in [-0.25, -0.2) is 0 Å². The Morgan fingerprint density at radius 2 is 2.12 bits per heavy atom. The molecule has 0 aliphatic rings. The SMILES string of the molecule is COCCCNC(=O)CN(C)C(=O)CCSC. The summed E-state index contributed by atoms with van der Waals surface area (Å²) in [6.07, 6.45) is 3.22. The molecule has 0 spiro atoms. The number of hydrogen-bond acceptors (Lipinski definition) is 4. The third-order valence-corrected chi connectivity index (χ3v) is 2.79. The zero-order chi connectivity index (χ0) is 13.1. The molecule has 0 saturated heterocycles. The number of likely N-dealkylation sites (N-methyl/N-ethyl adjacent to an activating group) is 1. The number of amides is 2. The van der Waals surface area contributed by atoms with Crippen molar-refractivity contribution in [1.82, 2.24) is 10.2 Å². The van der Waals surface area contributed by atoms with Crippen LogP contribution in [0.25, 0.3) is 0 Å². The second kappa shape index (κ2) is 10.4. The van der Waals surface area contributed by atoms with Gasteiger partial charge in [-0.1, -0.05) is 0 Å². The summed E-state index contributed by atoms with van der Waals surface area (Å²) in [5.41, 5.74) is 0. The van der Waals surface area contributed by atoms with E-state index in [1.54, 1.807) is 25.9 Å². The van der Waals surface area contributed by atoms with Gasteiger partial charge in [-0.3, -0.25) is 9.59 Å². The summed E-state index contributed by atoms with van der Waals surface area (Å²) in [7, 11) is 3.28. The van der Waals surface area contributed by atoms with E-state index in [1.165, 1.54) is 4.90 Å². The molecular weight excluding hydrogens is 240 g/mol. The van der Waals surface area contributed by atoms with Crippen LogP contribution in [0.3, 0.4) is 0 Å². The molecule has 0 aromatic carbocycles. The van der Waals surface area contributed by atoms with Gasteiger partial charge in [0.2, 0.25) is 11.8 Å². The van der Waals surface area contributed by atoms with E-state index < -0.39 is 0 Å². The molecule has 0 aromatic rings. The van der Waals surface area contributed by atoms with E-state index in [0.717, 1.165) is 12.2 Å². The van der Waals surface area contributed by atoms with Crippen LogP contribution in [-0.2, 0) is 14.3 Å². The van der Waals surface area contributed by atoms with Crippen molar-refractivity contribution in [3.05, 3.63) is 0 Å². The van der Waals surface area contributed by atoms with Crippen LogP contribution < -0.4 is 5.32 Å². The second-order valence-electron chi connectivity index (χ2n) is 3.69. The summed E-state index contributed by atoms with van der Waals surface area (Å²) in [6.45, 7) is 1.34. The Labute approximate surface area is 107 Å². The maximum atomic E-state index is 11.5. The molecule has 100 valence electrons. The maximum absolute atomic E-state index is 11.5. The monoisotopic (exact) mass is 262 g/mol. The van der Waals surface area contributed by atoms with E-state index in [0.29, 0.717) is 19.6 Å². The van der Waals surface area contributed by atoms with Crippen LogP contribution >= 0.6 is 11.8 Å². The minimum absolute atomic E-state index is 0.00592. The van der Waals surface area contributed by atoms with E-state index >= 15 is 0 Å². The van der Waals surface area contributed by atoms with Crippen molar-refractivity contribution >= 4 is 23.6 Å². The van der Waals surface area contributed by atoms with E-state index in [2.05, 4.69) is 5.32 Å². The van der Waals surface area contributed by atoms with Crippen LogP contribution in [0.5, 0.6) is 0 Å². The molecule has 1 N–H and O–H groups in total. The molecule has 0 unspecified atom stereocenters. The fourth-order valence-corrected chi connectivity index (χ4v) is 1.56. The summed E-state index contributed by atoms with van der Waals surface area (Å²) >= 11 is 1.62. The van der Waals surface area contributed by atoms with Crippen molar-refractivity contribution in [3.63, 3.8) is 0 Å². The van der Waals surface area contributed by atoms with Gasteiger partial charge in [0.1, 0.15) is 0 Å². The number of nitrogens with zero attached hydrogens (tertiary/aromatic N) is 1. The predicted octanol–water partition coefficient (Wildman–Crippen LogP) is 0.351. The highest BCUT2D eigenvalue weighted by molar-refractivity contribution is 7.98. The Hall–Kier alpha value is -0.750. The van der Waals surface area contributed by atoms with Gasteiger partial charge in [-0.05, 0) is 12.7 Å². The van der Waals surface area contributed by atoms with Gasteiger partial charge in [0, 0.05) is 39.5 Å². The Morgan fingerprint density at radius 3 is 2.71 bits per heavy atom. The molecule has 0 bridgehead atoms. The average molecular weight is 262 g/mol. The number of rotatable bonds is 9. The summed E-state index contributed by atoms with van der Waals surface area (Å²) < 4.78 is 4.87. The van der Waals surface area contributed by atoms with Crippen LogP contribution in [0.2, 0.25) is 0 Å². The molecule has 0 aromatic heterocycles. The Balaban J connectivity index is 3.67. The smallest absolute Gasteiger partial charge is 0.239 e. The summed E-state index contributed by atoms with van der Waals surface area (Å²) in [4.78, 5) is 24.4. The highest BCUT2D eigenvalue weighted by Crippen LogP contribution is 1.98. The molecule has 0 atom stereocenters. The van der Waals surface area contributed by atoms with Crippen molar-refractivity contribution in [2.75, 3.05) is 45.9 Å². The summed E-state index contributed by atoms with van der Waals surface area (Å²) in [5.74, 6) is 0.672. The molecule has 5 nitrogen and oxygen atoms in total. The molecule has 0 rings (SSSR count). The van der Waals surface area contributed by atoms with E-state index in [1.807, 2.05) is 6.26 Å². The third kappa shape index (κ3) is 9.00. The van der Waals surface area contributed by atoms with Gasteiger partial charge < -0.3 is 15.0 Å². The van der Waals surface area contributed by atoms with Crippen molar-refractivity contribution in [2.24, 2.45) is 0 Å². The topological polar surface area (TPSA) is 58.6 Å². The normalized spacial score (nSPS) is 10.1. The van der Waals surface area contributed by atoms with Crippen LogP contribution in [-0.4, -0.2) is 62.6 Å². The highest BCUT2D eigenvalue weighted by atomic mass is 32.2. The van der Waals surface area contributed by atoms with E-state index in [-0.39, 0.29) is 18.4 Å². The molecule has 0 radical (unpaired) electrons. The van der Waals surface area contributed by atoms with Crippen molar-refractivity contribution in [1.29, 1.82) is 0 Å². The number of nitrogens with one attached hydrogen (secondary N) is 1. The fourth-order valence-electron chi connectivity index (χ4n) is 1.18. The zero-order valence-electron chi connectivity index (χ0n) is 10.8. The van der Waals surface area contributed by atoms with Gasteiger partial charge in [0.05, 0.1) is 6.54 Å². The average Bonchev–Trinajstić information content (AvgIpc) is 2.31. The molecule has 2 amide bonds. The molecule has 0 heterocycles. The quantitative estimate of drug-likeness (QED) is 0.609. The molecular formula is C11H22N2O3S. The van der Waals surface area contributed by atoms with E-state index in [9.17, 15) is 9.59 Å². The van der Waals surface area contributed by atoms with Gasteiger partial charge in [-0.15, -0.1) is 0 Å². The summed E-state index contributed by atoms with van der Waals surface area (Å²) in [6, 6.07) is 0. The van der Waals surface area contributed by atoms with Crippen molar-refractivity contribution in [3.8, 4) is 0 Å². The molecule has 6 heteroatoms. The highest BCUT2D eigenvalue weighted by Gasteiger charge is 2.11. The third-order valence-electron chi connectivity index (χ3n) is 2.17.